The molecule has 2 saturated carbocycles. The third-order valence-corrected chi connectivity index (χ3v) is 4.87. The lowest BCUT2D eigenvalue weighted by Gasteiger charge is -2.10. The van der Waals surface area contributed by atoms with Crippen molar-refractivity contribution in [3.05, 3.63) is 47.6 Å². The Bertz CT molecular complexity index is 598. The number of nitrogens with one attached hydrogen (secondary N) is 1. The third kappa shape index (κ3) is 2.48. The van der Waals surface area contributed by atoms with Gasteiger partial charge in [-0.3, -0.25) is 0 Å². The Labute approximate surface area is 124 Å². The molecule has 0 atom stereocenters. The molecule has 2 aromatic rings. The van der Waals surface area contributed by atoms with E-state index in [-0.39, 0.29) is 5.41 Å². The molecule has 0 bridgehead atoms. The van der Waals surface area contributed by atoms with Crippen LogP contribution in [0.15, 0.2) is 34.9 Å². The maximum absolute atomic E-state index is 5.45. The zero-order chi connectivity index (χ0) is 14.1. The molecule has 0 unspecified atom stereocenters. The molecular formula is C17H21N3O. The van der Waals surface area contributed by atoms with Crippen LogP contribution in [0.4, 0.5) is 0 Å². The lowest BCUT2D eigenvalue weighted by molar-refractivity contribution is 0.351. The molecule has 21 heavy (non-hydrogen) atoms. The number of aromatic nitrogens is 2. The van der Waals surface area contributed by atoms with E-state index >= 15 is 0 Å². The minimum atomic E-state index is 0.0103. The van der Waals surface area contributed by atoms with Gasteiger partial charge in [0.05, 0.1) is 12.0 Å². The van der Waals surface area contributed by atoms with Crippen molar-refractivity contribution in [3.63, 3.8) is 0 Å². The van der Waals surface area contributed by atoms with Crippen LogP contribution >= 0.6 is 0 Å². The topological polar surface area (TPSA) is 51.0 Å². The predicted octanol–water partition coefficient (Wildman–Crippen LogP) is 3.18. The van der Waals surface area contributed by atoms with E-state index in [1.165, 1.54) is 31.2 Å². The Morgan fingerprint density at radius 2 is 1.90 bits per heavy atom. The molecule has 0 spiro atoms. The minimum absolute atomic E-state index is 0.0103. The number of rotatable bonds is 5. The molecule has 2 aliphatic rings. The van der Waals surface area contributed by atoms with Gasteiger partial charge in [-0.15, -0.1) is 0 Å². The van der Waals surface area contributed by atoms with Crippen LogP contribution < -0.4 is 5.32 Å². The molecule has 0 aliphatic heterocycles. The number of hydrogen-bond donors (Lipinski definition) is 1. The molecule has 4 heteroatoms. The van der Waals surface area contributed by atoms with Crippen molar-refractivity contribution < 1.29 is 4.52 Å². The average molecular weight is 283 g/mol. The summed E-state index contributed by atoms with van der Waals surface area (Å²) in [6.45, 7) is 0.697. The summed E-state index contributed by atoms with van der Waals surface area (Å²) in [7, 11) is 0. The third-order valence-electron chi connectivity index (χ3n) is 4.87. The second-order valence-corrected chi connectivity index (χ2v) is 6.32. The zero-order valence-corrected chi connectivity index (χ0v) is 12.2. The zero-order valence-electron chi connectivity index (χ0n) is 12.2. The van der Waals surface area contributed by atoms with Gasteiger partial charge < -0.3 is 9.84 Å². The first-order valence-corrected chi connectivity index (χ1v) is 7.99. The fraction of sp³-hybridized carbons (Fsp3) is 0.529. The van der Waals surface area contributed by atoms with Crippen LogP contribution in [0, 0.1) is 0 Å². The molecule has 1 aromatic heterocycles. The molecule has 1 aromatic carbocycles. The average Bonchev–Trinajstić information content (AvgIpc) is 2.97. The summed E-state index contributed by atoms with van der Waals surface area (Å²) in [4.78, 5) is 4.64. The van der Waals surface area contributed by atoms with Gasteiger partial charge in [0, 0.05) is 6.04 Å². The first-order valence-electron chi connectivity index (χ1n) is 7.99. The van der Waals surface area contributed by atoms with Crippen LogP contribution in [0.3, 0.4) is 0 Å². The van der Waals surface area contributed by atoms with Crippen molar-refractivity contribution in [2.75, 3.05) is 0 Å². The summed E-state index contributed by atoms with van der Waals surface area (Å²) in [6.07, 6.45) is 7.45. The van der Waals surface area contributed by atoms with Crippen molar-refractivity contribution in [2.45, 2.75) is 56.5 Å². The smallest absolute Gasteiger partial charge is 0.240 e. The normalized spacial score (nSPS) is 20.8. The maximum atomic E-state index is 5.45. The van der Waals surface area contributed by atoms with Crippen LogP contribution in [0.1, 0.15) is 55.8 Å². The van der Waals surface area contributed by atoms with Gasteiger partial charge >= 0.3 is 0 Å². The highest BCUT2D eigenvalue weighted by molar-refractivity contribution is 5.38. The summed E-state index contributed by atoms with van der Waals surface area (Å²) in [6, 6.07) is 11.2. The van der Waals surface area contributed by atoms with Crippen molar-refractivity contribution in [1.29, 1.82) is 0 Å². The highest BCUT2D eigenvalue weighted by Gasteiger charge is 2.49. The first-order chi connectivity index (χ1) is 10.4. The predicted molar refractivity (Wildman–Crippen MR) is 79.8 cm³/mol. The van der Waals surface area contributed by atoms with Gasteiger partial charge in [-0.2, -0.15) is 4.98 Å². The van der Waals surface area contributed by atoms with Gasteiger partial charge in [0.1, 0.15) is 0 Å². The monoisotopic (exact) mass is 283 g/mol. The Hall–Kier alpha value is -1.68. The number of nitrogens with zero attached hydrogens (tertiary/aromatic N) is 2. The van der Waals surface area contributed by atoms with Gasteiger partial charge in [0.15, 0.2) is 5.82 Å². The summed E-state index contributed by atoms with van der Waals surface area (Å²) in [5.41, 5.74) is 1.32. The molecule has 2 aliphatic carbocycles. The van der Waals surface area contributed by atoms with Crippen molar-refractivity contribution >= 4 is 0 Å². The summed E-state index contributed by atoms with van der Waals surface area (Å²) in [5.74, 6) is 1.58. The van der Waals surface area contributed by atoms with Gasteiger partial charge in [-0.05, 0) is 31.2 Å². The molecular weight excluding hydrogens is 262 g/mol. The molecule has 110 valence electrons. The molecule has 0 radical (unpaired) electrons. The van der Waals surface area contributed by atoms with E-state index in [4.69, 9.17) is 4.52 Å². The van der Waals surface area contributed by atoms with Crippen LogP contribution in [0.25, 0.3) is 0 Å². The Balaban J connectivity index is 1.47. The molecule has 1 heterocycles. The molecule has 2 fully saturated rings. The Kier molecular flexibility index (Phi) is 3.26. The van der Waals surface area contributed by atoms with E-state index in [9.17, 15) is 0 Å². The van der Waals surface area contributed by atoms with Gasteiger partial charge in [0.25, 0.3) is 0 Å². The summed E-state index contributed by atoms with van der Waals surface area (Å²) in [5, 5.41) is 7.77. The lowest BCUT2D eigenvalue weighted by atomic mass is 9.95. The maximum Gasteiger partial charge on any atom is 0.240 e. The quantitative estimate of drug-likeness (QED) is 0.915. The van der Waals surface area contributed by atoms with Crippen LogP contribution in [0.2, 0.25) is 0 Å². The molecule has 1 N–H and O–H groups in total. The van der Waals surface area contributed by atoms with Crippen LogP contribution in [-0.2, 0) is 12.0 Å². The van der Waals surface area contributed by atoms with Gasteiger partial charge in [-0.25, -0.2) is 0 Å². The fourth-order valence-corrected chi connectivity index (χ4v) is 3.41. The fourth-order valence-electron chi connectivity index (χ4n) is 3.41. The van der Waals surface area contributed by atoms with Crippen molar-refractivity contribution in [2.24, 2.45) is 0 Å². The highest BCUT2D eigenvalue weighted by Crippen LogP contribution is 2.52. The molecule has 4 nitrogen and oxygen atoms in total. The van der Waals surface area contributed by atoms with E-state index in [1.807, 2.05) is 6.07 Å². The van der Waals surface area contributed by atoms with Crippen molar-refractivity contribution in [3.8, 4) is 0 Å². The summed E-state index contributed by atoms with van der Waals surface area (Å²) < 4.78 is 5.45. The Morgan fingerprint density at radius 1 is 1.14 bits per heavy atom. The second kappa shape index (κ2) is 5.26. The summed E-state index contributed by atoms with van der Waals surface area (Å²) >= 11 is 0. The SMILES string of the molecule is c1ccc(C2(c3noc(CNC4CCCC4)n3)CC2)cc1. The van der Waals surface area contributed by atoms with E-state index < -0.39 is 0 Å². The first kappa shape index (κ1) is 13.0. The van der Waals surface area contributed by atoms with Crippen molar-refractivity contribution in [1.82, 2.24) is 15.5 Å². The van der Waals surface area contributed by atoms with E-state index in [1.54, 1.807) is 0 Å². The molecule has 0 saturated heterocycles. The molecule has 0 amide bonds. The van der Waals surface area contributed by atoms with Gasteiger partial charge in [0.2, 0.25) is 5.89 Å². The second-order valence-electron chi connectivity index (χ2n) is 6.32. The van der Waals surface area contributed by atoms with E-state index in [0.29, 0.717) is 12.6 Å². The van der Waals surface area contributed by atoms with E-state index in [2.05, 4.69) is 39.7 Å². The van der Waals surface area contributed by atoms with E-state index in [0.717, 1.165) is 24.6 Å². The van der Waals surface area contributed by atoms with Crippen LogP contribution in [0.5, 0.6) is 0 Å². The largest absolute Gasteiger partial charge is 0.338 e. The molecule has 4 rings (SSSR count). The van der Waals surface area contributed by atoms with Gasteiger partial charge in [-0.1, -0.05) is 48.3 Å². The standard InChI is InChI=1S/C17H21N3O/c1-2-6-13(7-3-1)17(10-11-17)16-19-15(21-20-16)12-18-14-8-4-5-9-14/h1-3,6-7,14,18H,4-5,8-12H2. The minimum Gasteiger partial charge on any atom is -0.338 e. The number of benzene rings is 1. The number of hydrogen-bond acceptors (Lipinski definition) is 4. The van der Waals surface area contributed by atoms with Crippen LogP contribution in [-0.4, -0.2) is 16.2 Å². The Morgan fingerprint density at radius 3 is 2.62 bits per heavy atom. The lowest BCUT2D eigenvalue weighted by Crippen LogP contribution is -2.25. The highest BCUT2D eigenvalue weighted by atomic mass is 16.5.